The van der Waals surface area contributed by atoms with E-state index in [0.29, 0.717) is 0 Å². The van der Waals surface area contributed by atoms with E-state index in [4.69, 9.17) is 5.73 Å². The van der Waals surface area contributed by atoms with Gasteiger partial charge in [0.2, 0.25) is 0 Å². The molecule has 11 heavy (non-hydrogen) atoms. The molecule has 0 aliphatic heterocycles. The smallest absolute Gasteiger partial charge is 0.0314 e. The highest BCUT2D eigenvalue weighted by Crippen LogP contribution is 2.06. The predicted molar refractivity (Wildman–Crippen MR) is 50.2 cm³/mol. The van der Waals surface area contributed by atoms with Crippen LogP contribution in [0.15, 0.2) is 30.3 Å². The Hall–Kier alpha value is -1.24. The monoisotopic (exact) mass is 147 g/mol. The fourth-order valence-electron chi connectivity index (χ4n) is 0.861. The van der Waals surface area contributed by atoms with E-state index in [1.165, 1.54) is 5.56 Å². The molecule has 0 bridgehead atoms. The molecule has 1 aromatic rings. The maximum atomic E-state index is 5.53. The van der Waals surface area contributed by atoms with Gasteiger partial charge >= 0.3 is 0 Å². The first-order valence-corrected chi connectivity index (χ1v) is 3.85. The van der Waals surface area contributed by atoms with Crippen molar-refractivity contribution >= 4 is 11.8 Å². The van der Waals surface area contributed by atoms with Crippen LogP contribution in [-0.4, -0.2) is 0 Å². The summed E-state index contributed by atoms with van der Waals surface area (Å²) in [6.07, 6.45) is 5.30. The summed E-state index contributed by atoms with van der Waals surface area (Å²) in [6.45, 7) is 2.12. The third-order valence-electron chi connectivity index (χ3n) is 1.48. The average molecular weight is 147 g/mol. The van der Waals surface area contributed by atoms with Gasteiger partial charge in [-0.25, -0.2) is 0 Å². The fourth-order valence-corrected chi connectivity index (χ4v) is 0.861. The van der Waals surface area contributed by atoms with Crippen LogP contribution in [0.3, 0.4) is 0 Å². The molecule has 0 aliphatic rings. The van der Waals surface area contributed by atoms with Crippen LogP contribution in [0.25, 0.3) is 6.08 Å². The molecule has 0 spiro atoms. The standard InChI is InChI=1S/C10H13N/c1-2-3-4-9-5-7-10(11)8-6-9/h3-8H,2,11H2,1H3. The lowest BCUT2D eigenvalue weighted by molar-refractivity contribution is 1.23. The van der Waals surface area contributed by atoms with Crippen molar-refractivity contribution in [3.8, 4) is 0 Å². The van der Waals surface area contributed by atoms with Crippen LogP contribution < -0.4 is 5.73 Å². The topological polar surface area (TPSA) is 26.0 Å². The van der Waals surface area contributed by atoms with Gasteiger partial charge in [0.1, 0.15) is 0 Å². The zero-order chi connectivity index (χ0) is 8.10. The van der Waals surface area contributed by atoms with E-state index in [1.807, 2.05) is 24.3 Å². The van der Waals surface area contributed by atoms with Crippen molar-refractivity contribution in [1.29, 1.82) is 0 Å². The minimum atomic E-state index is 0.818. The van der Waals surface area contributed by atoms with Crippen LogP contribution >= 0.6 is 0 Å². The lowest BCUT2D eigenvalue weighted by atomic mass is 10.2. The summed E-state index contributed by atoms with van der Waals surface area (Å²) in [5.74, 6) is 0. The van der Waals surface area contributed by atoms with Crippen LogP contribution in [0.5, 0.6) is 0 Å². The molecule has 1 nitrogen and oxygen atoms in total. The fraction of sp³-hybridized carbons (Fsp3) is 0.200. The number of hydrogen-bond donors (Lipinski definition) is 1. The molecule has 0 amide bonds. The number of benzene rings is 1. The summed E-state index contributed by atoms with van der Waals surface area (Å²) in [4.78, 5) is 0. The second kappa shape index (κ2) is 3.81. The van der Waals surface area contributed by atoms with Gasteiger partial charge in [-0.1, -0.05) is 31.2 Å². The quantitative estimate of drug-likeness (QED) is 0.639. The Morgan fingerprint density at radius 3 is 2.45 bits per heavy atom. The van der Waals surface area contributed by atoms with Gasteiger partial charge < -0.3 is 5.73 Å². The number of rotatable bonds is 2. The molecule has 1 heteroatoms. The number of allylic oxidation sites excluding steroid dienone is 1. The Labute approximate surface area is 67.5 Å². The summed E-state index contributed by atoms with van der Waals surface area (Å²) in [6, 6.07) is 7.85. The minimum absolute atomic E-state index is 0.818. The molecule has 1 rings (SSSR count). The maximum Gasteiger partial charge on any atom is 0.0314 e. The zero-order valence-corrected chi connectivity index (χ0v) is 6.75. The average Bonchev–Trinajstić information content (AvgIpc) is 2.04. The Morgan fingerprint density at radius 1 is 1.27 bits per heavy atom. The molecule has 0 aliphatic carbocycles. The van der Waals surface area contributed by atoms with Gasteiger partial charge in [0.05, 0.1) is 0 Å². The molecule has 0 unspecified atom stereocenters. The zero-order valence-electron chi connectivity index (χ0n) is 6.75. The summed E-state index contributed by atoms with van der Waals surface area (Å²) < 4.78 is 0. The SMILES string of the molecule is CCC=Cc1ccc(N)cc1. The van der Waals surface area contributed by atoms with Gasteiger partial charge in [-0.3, -0.25) is 0 Å². The third kappa shape index (κ3) is 2.46. The second-order valence-corrected chi connectivity index (χ2v) is 2.48. The highest BCUT2D eigenvalue weighted by Gasteiger charge is 1.84. The number of nitrogens with two attached hydrogens (primary N) is 1. The molecule has 0 atom stereocenters. The molecule has 58 valence electrons. The molecule has 2 N–H and O–H groups in total. The third-order valence-corrected chi connectivity index (χ3v) is 1.48. The second-order valence-electron chi connectivity index (χ2n) is 2.48. The number of nitrogen functional groups attached to an aromatic ring is 1. The maximum absolute atomic E-state index is 5.53. The van der Waals surface area contributed by atoms with Crippen LogP contribution in [0.2, 0.25) is 0 Å². The number of anilines is 1. The van der Waals surface area contributed by atoms with E-state index < -0.39 is 0 Å². The summed E-state index contributed by atoms with van der Waals surface area (Å²) in [7, 11) is 0. The minimum Gasteiger partial charge on any atom is -0.399 e. The van der Waals surface area contributed by atoms with Crippen LogP contribution in [0, 0.1) is 0 Å². The van der Waals surface area contributed by atoms with Crippen molar-refractivity contribution < 1.29 is 0 Å². The Bertz CT molecular complexity index is 234. The van der Waals surface area contributed by atoms with Crippen molar-refractivity contribution in [2.24, 2.45) is 0 Å². The Balaban J connectivity index is 2.73. The molecule has 0 fully saturated rings. The van der Waals surface area contributed by atoms with Crippen molar-refractivity contribution in [2.75, 3.05) is 5.73 Å². The largest absolute Gasteiger partial charge is 0.399 e. The molecule has 0 aromatic heterocycles. The van der Waals surface area contributed by atoms with Crippen LogP contribution in [0.4, 0.5) is 5.69 Å². The summed E-state index contributed by atoms with van der Waals surface area (Å²) in [5, 5.41) is 0. The lowest BCUT2D eigenvalue weighted by Crippen LogP contribution is -1.82. The summed E-state index contributed by atoms with van der Waals surface area (Å²) >= 11 is 0. The van der Waals surface area contributed by atoms with Gasteiger partial charge in [-0.2, -0.15) is 0 Å². The highest BCUT2D eigenvalue weighted by molar-refractivity contribution is 5.53. The first kappa shape index (κ1) is 7.86. The van der Waals surface area contributed by atoms with Crippen LogP contribution in [-0.2, 0) is 0 Å². The highest BCUT2D eigenvalue weighted by atomic mass is 14.5. The Kier molecular flexibility index (Phi) is 2.73. The first-order chi connectivity index (χ1) is 5.33. The van der Waals surface area contributed by atoms with Crippen molar-refractivity contribution in [3.05, 3.63) is 35.9 Å². The lowest BCUT2D eigenvalue weighted by Gasteiger charge is -1.93. The van der Waals surface area contributed by atoms with Gasteiger partial charge in [-0.05, 0) is 24.1 Å². The molecule has 0 saturated heterocycles. The molecule has 1 aromatic carbocycles. The number of hydrogen-bond acceptors (Lipinski definition) is 1. The normalized spacial score (nSPS) is 10.6. The van der Waals surface area contributed by atoms with E-state index >= 15 is 0 Å². The van der Waals surface area contributed by atoms with Crippen LogP contribution in [0.1, 0.15) is 18.9 Å². The van der Waals surface area contributed by atoms with E-state index in [-0.39, 0.29) is 0 Å². The predicted octanol–water partition coefficient (Wildman–Crippen LogP) is 2.69. The van der Waals surface area contributed by atoms with E-state index in [2.05, 4.69) is 19.1 Å². The van der Waals surface area contributed by atoms with E-state index in [9.17, 15) is 0 Å². The van der Waals surface area contributed by atoms with Gasteiger partial charge in [-0.15, -0.1) is 0 Å². The van der Waals surface area contributed by atoms with E-state index in [1.54, 1.807) is 0 Å². The molecular weight excluding hydrogens is 134 g/mol. The summed E-state index contributed by atoms with van der Waals surface area (Å²) in [5.41, 5.74) is 7.56. The van der Waals surface area contributed by atoms with Crippen molar-refractivity contribution in [1.82, 2.24) is 0 Å². The van der Waals surface area contributed by atoms with Gasteiger partial charge in [0, 0.05) is 5.69 Å². The first-order valence-electron chi connectivity index (χ1n) is 3.85. The van der Waals surface area contributed by atoms with Crippen molar-refractivity contribution in [3.63, 3.8) is 0 Å². The van der Waals surface area contributed by atoms with E-state index in [0.717, 1.165) is 12.1 Å². The van der Waals surface area contributed by atoms with Gasteiger partial charge in [0.25, 0.3) is 0 Å². The molecule has 0 heterocycles. The van der Waals surface area contributed by atoms with Gasteiger partial charge in [0.15, 0.2) is 0 Å². The Morgan fingerprint density at radius 2 is 1.91 bits per heavy atom. The van der Waals surface area contributed by atoms with Crippen molar-refractivity contribution in [2.45, 2.75) is 13.3 Å². The molecule has 0 saturated carbocycles. The molecular formula is C10H13N. The molecule has 0 radical (unpaired) electrons.